The summed E-state index contributed by atoms with van der Waals surface area (Å²) in [5, 5.41) is 0. The van der Waals surface area contributed by atoms with Crippen LogP contribution in [0.1, 0.15) is 38.1 Å². The van der Waals surface area contributed by atoms with Crippen molar-refractivity contribution >= 4 is 0 Å². The molecule has 1 aliphatic heterocycles. The molecule has 2 nitrogen and oxygen atoms in total. The van der Waals surface area contributed by atoms with Gasteiger partial charge in [0.1, 0.15) is 0 Å². The molecular formula is C12H20N2. The lowest BCUT2D eigenvalue weighted by Gasteiger charge is -2.37. The average Bonchev–Trinajstić information content (AvgIpc) is 2.62. The lowest BCUT2D eigenvalue weighted by atomic mass is 9.90. The third-order valence-corrected chi connectivity index (χ3v) is 3.27. The summed E-state index contributed by atoms with van der Waals surface area (Å²) in [6.45, 7) is 9.25. The number of aromatic amines is 1. The molecule has 1 N–H and O–H groups in total. The van der Waals surface area contributed by atoms with E-state index >= 15 is 0 Å². The summed E-state index contributed by atoms with van der Waals surface area (Å²) in [5.74, 6) is 0.699. The summed E-state index contributed by atoms with van der Waals surface area (Å²) in [6, 6.07) is 2.87. The maximum absolute atomic E-state index is 3.36. The van der Waals surface area contributed by atoms with E-state index in [0.717, 1.165) is 6.54 Å². The van der Waals surface area contributed by atoms with Crippen LogP contribution >= 0.6 is 0 Å². The van der Waals surface area contributed by atoms with Crippen molar-refractivity contribution in [2.45, 2.75) is 33.2 Å². The van der Waals surface area contributed by atoms with Crippen LogP contribution in [-0.2, 0) is 6.42 Å². The Morgan fingerprint density at radius 1 is 1.57 bits per heavy atom. The Kier molecular flexibility index (Phi) is 2.64. The van der Waals surface area contributed by atoms with Crippen LogP contribution in [0.15, 0.2) is 12.3 Å². The van der Waals surface area contributed by atoms with Gasteiger partial charge in [0.05, 0.1) is 0 Å². The minimum absolute atomic E-state index is 0.620. The van der Waals surface area contributed by atoms with E-state index < -0.39 is 0 Å². The molecule has 0 saturated heterocycles. The quantitative estimate of drug-likeness (QED) is 0.763. The largest absolute Gasteiger partial charge is 0.365 e. The lowest BCUT2D eigenvalue weighted by molar-refractivity contribution is 0.151. The maximum Gasteiger partial charge on any atom is 0.0388 e. The second-order valence-electron chi connectivity index (χ2n) is 4.48. The molecule has 2 rings (SSSR count). The smallest absolute Gasteiger partial charge is 0.0388 e. The minimum atomic E-state index is 0.620. The van der Waals surface area contributed by atoms with Gasteiger partial charge < -0.3 is 4.98 Å². The monoisotopic (exact) mass is 192 g/mol. The van der Waals surface area contributed by atoms with E-state index in [-0.39, 0.29) is 0 Å². The fourth-order valence-corrected chi connectivity index (χ4v) is 2.64. The molecule has 1 aromatic heterocycles. The van der Waals surface area contributed by atoms with Gasteiger partial charge in [0.15, 0.2) is 0 Å². The van der Waals surface area contributed by atoms with E-state index in [9.17, 15) is 0 Å². The molecule has 0 bridgehead atoms. The topological polar surface area (TPSA) is 19.0 Å². The van der Waals surface area contributed by atoms with Gasteiger partial charge in [-0.3, -0.25) is 4.90 Å². The first-order valence-electron chi connectivity index (χ1n) is 5.64. The zero-order valence-electron chi connectivity index (χ0n) is 9.38. The highest BCUT2D eigenvalue weighted by Crippen LogP contribution is 2.34. The van der Waals surface area contributed by atoms with Crippen molar-refractivity contribution < 1.29 is 0 Å². The van der Waals surface area contributed by atoms with Crippen molar-refractivity contribution in [3.05, 3.63) is 23.5 Å². The van der Waals surface area contributed by atoms with Gasteiger partial charge in [0.2, 0.25) is 0 Å². The fraction of sp³-hybridized carbons (Fsp3) is 0.667. The van der Waals surface area contributed by atoms with Crippen LogP contribution in [0.25, 0.3) is 0 Å². The molecular weight excluding hydrogens is 172 g/mol. The number of likely N-dealkylation sites (N-methyl/N-ethyl adjacent to an activating group) is 1. The third-order valence-electron chi connectivity index (χ3n) is 3.27. The molecule has 14 heavy (non-hydrogen) atoms. The predicted molar refractivity (Wildman–Crippen MR) is 59.3 cm³/mol. The van der Waals surface area contributed by atoms with Crippen molar-refractivity contribution in [3.8, 4) is 0 Å². The molecule has 1 atom stereocenters. The Balaban J connectivity index is 2.33. The highest BCUT2D eigenvalue weighted by atomic mass is 15.2. The van der Waals surface area contributed by atoms with Crippen molar-refractivity contribution in [2.24, 2.45) is 5.92 Å². The zero-order valence-corrected chi connectivity index (χ0v) is 9.38. The molecule has 0 radical (unpaired) electrons. The first kappa shape index (κ1) is 9.78. The highest BCUT2D eigenvalue weighted by molar-refractivity contribution is 5.27. The van der Waals surface area contributed by atoms with Crippen LogP contribution in [0.3, 0.4) is 0 Å². The van der Waals surface area contributed by atoms with Crippen LogP contribution in [0.4, 0.5) is 0 Å². The molecule has 2 heteroatoms. The number of nitrogens with zero attached hydrogens (tertiary/aromatic N) is 1. The van der Waals surface area contributed by atoms with E-state index in [4.69, 9.17) is 0 Å². The Labute approximate surface area is 86.3 Å². The van der Waals surface area contributed by atoms with Gasteiger partial charge in [0, 0.05) is 30.9 Å². The second-order valence-corrected chi connectivity index (χ2v) is 4.48. The summed E-state index contributed by atoms with van der Waals surface area (Å²) in [7, 11) is 0. The molecule has 2 heterocycles. The Bertz CT molecular complexity index is 301. The van der Waals surface area contributed by atoms with Crippen molar-refractivity contribution in [1.29, 1.82) is 0 Å². The van der Waals surface area contributed by atoms with Gasteiger partial charge in [-0.1, -0.05) is 20.8 Å². The number of hydrogen-bond donors (Lipinski definition) is 1. The van der Waals surface area contributed by atoms with E-state index in [0.29, 0.717) is 12.0 Å². The third kappa shape index (κ3) is 1.48. The molecule has 1 aliphatic rings. The molecule has 0 aliphatic carbocycles. The Morgan fingerprint density at radius 3 is 3.00 bits per heavy atom. The number of nitrogens with one attached hydrogen (secondary N) is 1. The van der Waals surface area contributed by atoms with Gasteiger partial charge >= 0.3 is 0 Å². The standard InChI is InChI=1S/C12H20N2/c1-4-14-8-6-11-10(5-7-13-11)12(14)9(2)3/h5,7,9,12-13H,4,6,8H2,1-3H3/t12-/m1/s1. The van der Waals surface area contributed by atoms with Crippen molar-refractivity contribution in [2.75, 3.05) is 13.1 Å². The fourth-order valence-electron chi connectivity index (χ4n) is 2.64. The van der Waals surface area contributed by atoms with Crippen molar-refractivity contribution in [1.82, 2.24) is 9.88 Å². The molecule has 1 aromatic rings. The number of fused-ring (bicyclic) bond motifs is 1. The van der Waals surface area contributed by atoms with E-state index in [1.807, 2.05) is 0 Å². The van der Waals surface area contributed by atoms with Gasteiger partial charge in [-0.2, -0.15) is 0 Å². The summed E-state index contributed by atoms with van der Waals surface area (Å²) >= 11 is 0. The second kappa shape index (κ2) is 3.77. The summed E-state index contributed by atoms with van der Waals surface area (Å²) in [4.78, 5) is 5.94. The summed E-state index contributed by atoms with van der Waals surface area (Å²) in [6.07, 6.45) is 3.26. The Hall–Kier alpha value is -0.760. The van der Waals surface area contributed by atoms with Crippen LogP contribution in [0.2, 0.25) is 0 Å². The highest BCUT2D eigenvalue weighted by Gasteiger charge is 2.28. The van der Waals surface area contributed by atoms with Crippen LogP contribution < -0.4 is 0 Å². The normalized spacial score (nSPS) is 22.7. The van der Waals surface area contributed by atoms with E-state index in [1.165, 1.54) is 24.2 Å². The van der Waals surface area contributed by atoms with Crippen LogP contribution in [0.5, 0.6) is 0 Å². The van der Waals surface area contributed by atoms with Gasteiger partial charge in [-0.25, -0.2) is 0 Å². The molecule has 0 unspecified atom stereocenters. The molecule has 0 saturated carbocycles. The minimum Gasteiger partial charge on any atom is -0.365 e. The molecule has 0 amide bonds. The maximum atomic E-state index is 3.36. The van der Waals surface area contributed by atoms with Crippen LogP contribution in [-0.4, -0.2) is 23.0 Å². The molecule has 0 spiro atoms. The van der Waals surface area contributed by atoms with Gasteiger partial charge in [0.25, 0.3) is 0 Å². The molecule has 78 valence electrons. The first-order chi connectivity index (χ1) is 6.74. The first-order valence-corrected chi connectivity index (χ1v) is 5.64. The van der Waals surface area contributed by atoms with Gasteiger partial charge in [-0.05, 0) is 24.1 Å². The average molecular weight is 192 g/mol. The number of aromatic nitrogens is 1. The number of hydrogen-bond acceptors (Lipinski definition) is 1. The van der Waals surface area contributed by atoms with Crippen molar-refractivity contribution in [3.63, 3.8) is 0 Å². The summed E-state index contributed by atoms with van der Waals surface area (Å²) < 4.78 is 0. The zero-order chi connectivity index (χ0) is 10.1. The lowest BCUT2D eigenvalue weighted by Crippen LogP contribution is -2.37. The van der Waals surface area contributed by atoms with Crippen LogP contribution in [0, 0.1) is 5.92 Å². The van der Waals surface area contributed by atoms with Gasteiger partial charge in [-0.15, -0.1) is 0 Å². The molecule has 0 aromatic carbocycles. The SMILES string of the molecule is CCN1CCc2[nH]ccc2[C@H]1C(C)C. The number of H-pyrrole nitrogens is 1. The molecule has 0 fully saturated rings. The van der Waals surface area contributed by atoms with E-state index in [2.05, 4.69) is 42.9 Å². The Morgan fingerprint density at radius 2 is 2.36 bits per heavy atom. The number of rotatable bonds is 2. The van der Waals surface area contributed by atoms with E-state index in [1.54, 1.807) is 0 Å². The predicted octanol–water partition coefficient (Wildman–Crippen LogP) is 2.59. The summed E-state index contributed by atoms with van der Waals surface area (Å²) in [5.41, 5.74) is 2.97.